The van der Waals surface area contributed by atoms with Crippen LogP contribution in [0.2, 0.25) is 5.82 Å². The van der Waals surface area contributed by atoms with Gasteiger partial charge in [0.2, 0.25) is 0 Å². The minimum absolute atomic E-state index is 0.114. The van der Waals surface area contributed by atoms with Gasteiger partial charge >= 0.3 is 7.12 Å². The number of anilines is 1. The molecule has 0 heterocycles. The van der Waals surface area contributed by atoms with Crippen LogP contribution in [0.5, 0.6) is 0 Å². The van der Waals surface area contributed by atoms with E-state index in [0.717, 1.165) is 28.9 Å². The maximum absolute atomic E-state index is 10.3. The number of non-ortho nitro benzene ring substituents is 2. The number of benzene rings is 3. The van der Waals surface area contributed by atoms with Crippen molar-refractivity contribution in [3.8, 4) is 0 Å². The highest BCUT2D eigenvalue weighted by atomic mass is 79.9. The molecule has 0 radical (unpaired) electrons. The predicted molar refractivity (Wildman–Crippen MR) is 152 cm³/mol. The molecule has 11 heteroatoms. The first kappa shape index (κ1) is 29.3. The second kappa shape index (κ2) is 14.0. The van der Waals surface area contributed by atoms with Crippen molar-refractivity contribution in [3.05, 3.63) is 109 Å². The van der Waals surface area contributed by atoms with E-state index < -0.39 is 12.0 Å². The van der Waals surface area contributed by atoms with Gasteiger partial charge in [-0.15, -0.1) is 0 Å². The Hall–Kier alpha value is -3.28. The van der Waals surface area contributed by atoms with Crippen molar-refractivity contribution >= 4 is 40.1 Å². The van der Waals surface area contributed by atoms with Crippen LogP contribution in [0.15, 0.2) is 77.3 Å². The van der Waals surface area contributed by atoms with Crippen LogP contribution in [0.25, 0.3) is 0 Å². The summed E-state index contributed by atoms with van der Waals surface area (Å²) < 4.78 is 0.845. The topological polar surface area (TPSA) is 153 Å². The molecule has 4 N–H and O–H groups in total. The maximum atomic E-state index is 10.3. The Labute approximate surface area is 230 Å². The Balaban J connectivity index is 0.000000144. The van der Waals surface area contributed by atoms with Gasteiger partial charge in [0.15, 0.2) is 0 Å². The van der Waals surface area contributed by atoms with E-state index in [0.29, 0.717) is 5.92 Å². The Morgan fingerprint density at radius 3 is 1.34 bits per heavy atom. The van der Waals surface area contributed by atoms with Gasteiger partial charge in [0.05, 0.1) is 9.85 Å². The van der Waals surface area contributed by atoms with Crippen molar-refractivity contribution in [2.24, 2.45) is 0 Å². The lowest BCUT2D eigenvalue weighted by Gasteiger charge is -1.96. The summed E-state index contributed by atoms with van der Waals surface area (Å²) in [6.45, 7) is 0. The van der Waals surface area contributed by atoms with Gasteiger partial charge in [0.1, 0.15) is 0 Å². The summed E-state index contributed by atoms with van der Waals surface area (Å²) in [6, 6.07) is 21.3. The number of rotatable bonds is 5. The molecule has 3 aliphatic carbocycles. The fraction of sp³-hybridized carbons (Fsp3) is 0.333. The lowest BCUT2D eigenvalue weighted by atomic mass is 9.84. The largest absolute Gasteiger partial charge is 0.454 e. The number of hydrogen-bond acceptors (Lipinski definition) is 7. The molecule has 3 aromatic carbocycles. The van der Waals surface area contributed by atoms with E-state index in [1.165, 1.54) is 48.9 Å². The van der Waals surface area contributed by atoms with Crippen molar-refractivity contribution < 1.29 is 19.9 Å². The van der Waals surface area contributed by atoms with Crippen LogP contribution in [0.3, 0.4) is 0 Å². The number of nitro groups is 2. The highest BCUT2D eigenvalue weighted by molar-refractivity contribution is 9.10. The van der Waals surface area contributed by atoms with Crippen LogP contribution < -0.4 is 5.73 Å². The second-order valence-electron chi connectivity index (χ2n) is 9.55. The number of nitrogen functional groups attached to an aromatic ring is 1. The predicted octanol–water partition coefficient (Wildman–Crippen LogP) is 6.60. The third-order valence-corrected chi connectivity index (χ3v) is 6.75. The van der Waals surface area contributed by atoms with Gasteiger partial charge in [0.25, 0.3) is 11.4 Å². The van der Waals surface area contributed by atoms with Crippen LogP contribution in [-0.2, 0) is 0 Å². The first-order chi connectivity index (χ1) is 18.1. The zero-order valence-corrected chi connectivity index (χ0v) is 22.4. The molecule has 3 aromatic rings. The smallest absolute Gasteiger partial charge is 0.427 e. The lowest BCUT2D eigenvalue weighted by molar-refractivity contribution is -0.385. The highest BCUT2D eigenvalue weighted by Gasteiger charge is 2.33. The summed E-state index contributed by atoms with van der Waals surface area (Å²) >= 11 is 3.17. The first-order valence-corrected chi connectivity index (χ1v) is 13.3. The maximum Gasteiger partial charge on any atom is 0.454 e. The number of nitrogens with zero attached hydrogens (tertiary/aromatic N) is 2. The van der Waals surface area contributed by atoms with E-state index in [4.69, 9.17) is 15.8 Å². The van der Waals surface area contributed by atoms with E-state index in [1.54, 1.807) is 24.3 Å². The van der Waals surface area contributed by atoms with Gasteiger partial charge in [-0.05, 0) is 78.7 Å². The van der Waals surface area contributed by atoms with Crippen molar-refractivity contribution in [1.29, 1.82) is 0 Å². The summed E-state index contributed by atoms with van der Waals surface area (Å²) in [5.41, 5.74) is 9.40. The molecule has 6 rings (SSSR count). The molecule has 0 amide bonds. The van der Waals surface area contributed by atoms with E-state index in [-0.39, 0.29) is 22.1 Å². The Morgan fingerprint density at radius 1 is 0.684 bits per heavy atom. The molecular formula is C27H31BBrN3O6. The minimum atomic E-state index is -1.04. The number of hydrogen-bond donors (Lipinski definition) is 3. The van der Waals surface area contributed by atoms with Crippen LogP contribution in [0.4, 0.5) is 17.1 Å². The Kier molecular flexibility index (Phi) is 10.8. The molecule has 0 bridgehead atoms. The zero-order valence-electron chi connectivity index (χ0n) is 20.9. The quantitative estimate of drug-likeness (QED) is 0.132. The highest BCUT2D eigenvalue weighted by Crippen LogP contribution is 2.41. The van der Waals surface area contributed by atoms with Crippen LogP contribution in [-0.4, -0.2) is 27.0 Å². The van der Waals surface area contributed by atoms with Gasteiger partial charge in [-0.25, -0.2) is 0 Å². The SMILES string of the molecule is Nc1ccc(C2CC2)cc1.O=[N+]([O-])c1ccc(Br)cc1.O=[N+]([O-])c1ccc(C2CC2)cc1.OB(O)C1CC1. The van der Waals surface area contributed by atoms with Crippen molar-refractivity contribution in [2.75, 3.05) is 5.73 Å². The molecule has 0 spiro atoms. The molecule has 0 aliphatic heterocycles. The Morgan fingerprint density at radius 2 is 1.05 bits per heavy atom. The molecule has 9 nitrogen and oxygen atoms in total. The first-order valence-electron chi connectivity index (χ1n) is 12.5. The lowest BCUT2D eigenvalue weighted by Crippen LogP contribution is -2.09. The molecule has 0 unspecified atom stereocenters. The van der Waals surface area contributed by atoms with Gasteiger partial charge in [-0.1, -0.05) is 53.0 Å². The average molecular weight is 584 g/mol. The molecule has 3 aliphatic rings. The van der Waals surface area contributed by atoms with Gasteiger partial charge in [-0.3, -0.25) is 20.2 Å². The van der Waals surface area contributed by atoms with E-state index in [9.17, 15) is 20.2 Å². The molecule has 0 atom stereocenters. The fourth-order valence-electron chi connectivity index (χ4n) is 3.43. The molecule has 38 heavy (non-hydrogen) atoms. The third-order valence-electron chi connectivity index (χ3n) is 6.22. The normalized spacial score (nSPS) is 15.3. The third kappa shape index (κ3) is 10.6. The zero-order chi connectivity index (χ0) is 27.7. The number of nitrogens with two attached hydrogens (primary N) is 1. The van der Waals surface area contributed by atoms with E-state index in [1.807, 2.05) is 24.3 Å². The molecular weight excluding hydrogens is 553 g/mol. The summed E-state index contributed by atoms with van der Waals surface area (Å²) in [7, 11) is -1.04. The number of nitro benzene ring substituents is 2. The van der Waals surface area contributed by atoms with Crippen molar-refractivity contribution in [2.45, 2.75) is 56.2 Å². The molecule has 3 saturated carbocycles. The van der Waals surface area contributed by atoms with Crippen LogP contribution in [0, 0.1) is 20.2 Å². The van der Waals surface area contributed by atoms with Crippen molar-refractivity contribution in [1.82, 2.24) is 0 Å². The summed E-state index contributed by atoms with van der Waals surface area (Å²) in [5.74, 6) is 1.73. The van der Waals surface area contributed by atoms with Crippen molar-refractivity contribution in [3.63, 3.8) is 0 Å². The molecule has 200 valence electrons. The van der Waals surface area contributed by atoms with E-state index in [2.05, 4.69) is 28.1 Å². The summed E-state index contributed by atoms with van der Waals surface area (Å²) in [5, 5.41) is 36.9. The average Bonchev–Trinajstić information content (AvgIpc) is 3.74. The van der Waals surface area contributed by atoms with Gasteiger partial charge in [-0.2, -0.15) is 0 Å². The molecule has 3 fully saturated rings. The second-order valence-corrected chi connectivity index (χ2v) is 10.5. The standard InChI is InChI=1S/C9H9NO2.C9H11N.C6H4BrNO2.C3H7BO2/c11-10(12)9-5-3-8(4-6-9)7-1-2-7;10-9-5-3-8(4-6-9)7-1-2-7;7-5-1-3-6(4-2-5)8(9)10;5-4(6)3-1-2-3/h3-7H,1-2H2;3-7H,1-2,10H2;1-4H;3,5-6H,1-2H2. The van der Waals surface area contributed by atoms with Gasteiger partial charge < -0.3 is 15.8 Å². The summed E-state index contributed by atoms with van der Waals surface area (Å²) in [6.07, 6.45) is 7.19. The number of halogens is 1. The van der Waals surface area contributed by atoms with Crippen LogP contribution >= 0.6 is 15.9 Å². The van der Waals surface area contributed by atoms with E-state index >= 15 is 0 Å². The minimum Gasteiger partial charge on any atom is -0.427 e. The summed E-state index contributed by atoms with van der Waals surface area (Å²) in [4.78, 5) is 19.6. The van der Waals surface area contributed by atoms with Crippen LogP contribution in [0.1, 0.15) is 61.5 Å². The molecule has 0 aromatic heterocycles. The molecule has 0 saturated heterocycles. The fourth-order valence-corrected chi connectivity index (χ4v) is 3.69. The Bertz CT molecular complexity index is 1180. The van der Waals surface area contributed by atoms with Gasteiger partial charge in [0, 0.05) is 34.4 Å². The monoisotopic (exact) mass is 583 g/mol.